The van der Waals surface area contributed by atoms with Gasteiger partial charge in [0.2, 0.25) is 0 Å². The monoisotopic (exact) mass is 128 g/mol. The van der Waals surface area contributed by atoms with Crippen LogP contribution in [0.2, 0.25) is 0 Å². The van der Waals surface area contributed by atoms with Gasteiger partial charge in [0.05, 0.1) is 0 Å². The predicted molar refractivity (Wildman–Crippen MR) is 43.1 cm³/mol. The Hall–Kier alpha value is -1.40. The molecule has 1 aliphatic rings. The van der Waals surface area contributed by atoms with Gasteiger partial charge in [-0.15, -0.1) is 0 Å². The Balaban J connectivity index is 2.54. The first kappa shape index (κ1) is 6.72. The van der Waals surface area contributed by atoms with Crippen molar-refractivity contribution in [3.8, 4) is 23.7 Å². The lowest BCUT2D eigenvalue weighted by atomic mass is 10.2. The van der Waals surface area contributed by atoms with Crippen molar-refractivity contribution in [2.45, 2.75) is 13.3 Å². The van der Waals surface area contributed by atoms with E-state index >= 15 is 0 Å². The summed E-state index contributed by atoms with van der Waals surface area (Å²) >= 11 is 0. The minimum atomic E-state index is 0.971. The van der Waals surface area contributed by atoms with E-state index in [9.17, 15) is 0 Å². The molecule has 0 amide bonds. The molecule has 0 fully saturated rings. The zero-order chi connectivity index (χ0) is 7.23. The molecule has 0 bridgehead atoms. The van der Waals surface area contributed by atoms with E-state index in [2.05, 4.69) is 29.8 Å². The van der Waals surface area contributed by atoms with E-state index in [1.54, 1.807) is 6.92 Å². The molecule has 10 heavy (non-hydrogen) atoms. The lowest BCUT2D eigenvalue weighted by Crippen LogP contribution is -1.67. The minimum Gasteiger partial charge on any atom is -0.0925 e. The lowest BCUT2D eigenvalue weighted by Gasteiger charge is -1.80. The molecule has 1 rings (SSSR count). The molecule has 0 heterocycles. The number of rotatable bonds is 0. The van der Waals surface area contributed by atoms with Gasteiger partial charge < -0.3 is 0 Å². The molecule has 0 saturated heterocycles. The second-order valence-corrected chi connectivity index (χ2v) is 1.95. The van der Waals surface area contributed by atoms with E-state index in [4.69, 9.17) is 0 Å². The van der Waals surface area contributed by atoms with Crippen molar-refractivity contribution in [3.05, 3.63) is 23.8 Å². The van der Waals surface area contributed by atoms with Crippen LogP contribution in [0.1, 0.15) is 13.3 Å². The van der Waals surface area contributed by atoms with Crippen molar-refractivity contribution in [1.29, 1.82) is 0 Å². The van der Waals surface area contributed by atoms with E-state index in [0.29, 0.717) is 0 Å². The standard InChI is InChI=1S/C10H8/c1-2-3-4-7-10-8-5-6-9-10/h5-6,8H,9H2,1H3. The van der Waals surface area contributed by atoms with Gasteiger partial charge in [-0.1, -0.05) is 30.1 Å². The third-order valence-electron chi connectivity index (χ3n) is 1.18. The summed E-state index contributed by atoms with van der Waals surface area (Å²) in [6.07, 6.45) is 7.09. The summed E-state index contributed by atoms with van der Waals surface area (Å²) in [6.45, 7) is 1.79. The third-order valence-corrected chi connectivity index (χ3v) is 1.18. The largest absolute Gasteiger partial charge is 0.0925 e. The van der Waals surface area contributed by atoms with Gasteiger partial charge in [0.25, 0.3) is 0 Å². The molecule has 0 heteroatoms. The molecular formula is C10H8. The fourth-order valence-corrected chi connectivity index (χ4v) is 0.714. The van der Waals surface area contributed by atoms with Crippen molar-refractivity contribution in [1.82, 2.24) is 0 Å². The Morgan fingerprint density at radius 1 is 1.40 bits per heavy atom. The van der Waals surface area contributed by atoms with Crippen LogP contribution in [0.4, 0.5) is 0 Å². The summed E-state index contributed by atoms with van der Waals surface area (Å²) in [5.41, 5.74) is 1.16. The Morgan fingerprint density at radius 3 is 2.90 bits per heavy atom. The van der Waals surface area contributed by atoms with Gasteiger partial charge in [0.1, 0.15) is 0 Å². The van der Waals surface area contributed by atoms with Crippen molar-refractivity contribution in [2.24, 2.45) is 0 Å². The van der Waals surface area contributed by atoms with Crippen LogP contribution in [-0.2, 0) is 0 Å². The fraction of sp³-hybridized carbons (Fsp3) is 0.200. The Kier molecular flexibility index (Phi) is 2.41. The predicted octanol–water partition coefficient (Wildman–Crippen LogP) is 1.90. The average Bonchev–Trinajstić information content (AvgIpc) is 2.41. The minimum absolute atomic E-state index is 0.971. The second-order valence-electron chi connectivity index (χ2n) is 1.95. The van der Waals surface area contributed by atoms with Crippen molar-refractivity contribution < 1.29 is 0 Å². The fourth-order valence-electron chi connectivity index (χ4n) is 0.714. The molecule has 0 nitrogen and oxygen atoms in total. The molecule has 0 radical (unpaired) electrons. The lowest BCUT2D eigenvalue weighted by molar-refractivity contribution is 1.36. The Morgan fingerprint density at radius 2 is 2.30 bits per heavy atom. The number of hydrogen-bond donors (Lipinski definition) is 0. The SMILES string of the molecule is CC#CC#CC1=CC=CC1. The average molecular weight is 128 g/mol. The smallest absolute Gasteiger partial charge is 0.00682 e. The summed E-state index contributed by atoms with van der Waals surface area (Å²) in [5.74, 6) is 11.1. The first-order valence-electron chi connectivity index (χ1n) is 3.22. The van der Waals surface area contributed by atoms with Gasteiger partial charge in [0, 0.05) is 5.57 Å². The maximum Gasteiger partial charge on any atom is 0.00682 e. The van der Waals surface area contributed by atoms with E-state index in [-0.39, 0.29) is 0 Å². The summed E-state index contributed by atoms with van der Waals surface area (Å²) < 4.78 is 0. The molecule has 0 spiro atoms. The van der Waals surface area contributed by atoms with Gasteiger partial charge in [0.15, 0.2) is 0 Å². The van der Waals surface area contributed by atoms with Gasteiger partial charge in [-0.2, -0.15) is 0 Å². The van der Waals surface area contributed by atoms with Crippen LogP contribution in [0.5, 0.6) is 0 Å². The normalized spacial score (nSPS) is 12.7. The summed E-state index contributed by atoms with van der Waals surface area (Å²) in [6, 6.07) is 0. The number of allylic oxidation sites excluding steroid dienone is 4. The molecule has 0 aromatic heterocycles. The maximum atomic E-state index is 2.96. The zero-order valence-corrected chi connectivity index (χ0v) is 5.94. The highest BCUT2D eigenvalue weighted by Crippen LogP contribution is 2.07. The van der Waals surface area contributed by atoms with Crippen LogP contribution in [0.3, 0.4) is 0 Å². The molecular weight excluding hydrogens is 120 g/mol. The second kappa shape index (κ2) is 3.59. The first-order valence-corrected chi connectivity index (χ1v) is 3.22. The van der Waals surface area contributed by atoms with Gasteiger partial charge in [-0.25, -0.2) is 0 Å². The maximum absolute atomic E-state index is 2.96. The van der Waals surface area contributed by atoms with Crippen molar-refractivity contribution >= 4 is 0 Å². The molecule has 0 saturated carbocycles. The van der Waals surface area contributed by atoms with E-state index in [0.717, 1.165) is 12.0 Å². The van der Waals surface area contributed by atoms with Crippen LogP contribution < -0.4 is 0 Å². The molecule has 0 aliphatic heterocycles. The topological polar surface area (TPSA) is 0 Å². The molecule has 0 N–H and O–H groups in total. The van der Waals surface area contributed by atoms with E-state index in [1.165, 1.54) is 0 Å². The van der Waals surface area contributed by atoms with Crippen LogP contribution in [0.25, 0.3) is 0 Å². The third kappa shape index (κ3) is 1.84. The zero-order valence-electron chi connectivity index (χ0n) is 5.94. The molecule has 0 unspecified atom stereocenters. The first-order chi connectivity index (χ1) is 4.93. The van der Waals surface area contributed by atoms with E-state index < -0.39 is 0 Å². The van der Waals surface area contributed by atoms with Crippen molar-refractivity contribution in [2.75, 3.05) is 0 Å². The quantitative estimate of drug-likeness (QED) is 0.437. The Bertz CT molecular complexity index is 281. The highest BCUT2D eigenvalue weighted by molar-refractivity contribution is 5.42. The molecule has 0 aromatic carbocycles. The number of hydrogen-bond acceptors (Lipinski definition) is 0. The summed E-state index contributed by atoms with van der Waals surface area (Å²) in [4.78, 5) is 0. The van der Waals surface area contributed by atoms with Crippen LogP contribution in [-0.4, -0.2) is 0 Å². The molecule has 0 aromatic rings. The van der Waals surface area contributed by atoms with Crippen LogP contribution in [0.15, 0.2) is 23.8 Å². The van der Waals surface area contributed by atoms with Crippen LogP contribution in [0, 0.1) is 23.7 Å². The molecule has 1 aliphatic carbocycles. The Labute approximate surface area is 61.6 Å². The van der Waals surface area contributed by atoms with Gasteiger partial charge in [-0.05, 0) is 25.2 Å². The van der Waals surface area contributed by atoms with E-state index in [1.807, 2.05) is 12.2 Å². The molecule has 48 valence electrons. The van der Waals surface area contributed by atoms with Crippen LogP contribution >= 0.6 is 0 Å². The van der Waals surface area contributed by atoms with Crippen molar-refractivity contribution in [3.63, 3.8) is 0 Å². The molecule has 0 atom stereocenters. The highest BCUT2D eigenvalue weighted by Gasteiger charge is 1.91. The summed E-state index contributed by atoms with van der Waals surface area (Å²) in [7, 11) is 0. The van der Waals surface area contributed by atoms with Gasteiger partial charge in [-0.3, -0.25) is 0 Å². The summed E-state index contributed by atoms with van der Waals surface area (Å²) in [5, 5.41) is 0. The highest BCUT2D eigenvalue weighted by atomic mass is 13.9. The van der Waals surface area contributed by atoms with Gasteiger partial charge >= 0.3 is 0 Å².